The molecule has 2 aliphatic rings. The zero-order valence-corrected chi connectivity index (χ0v) is 10.9. The molecule has 0 aromatic heterocycles. The average Bonchev–Trinajstić information content (AvgIpc) is 2.81. The van der Waals surface area contributed by atoms with Crippen molar-refractivity contribution in [3.05, 3.63) is 35.4 Å². The van der Waals surface area contributed by atoms with E-state index in [1.165, 1.54) is 12.1 Å². The SMILES string of the molecule is O=C1CNC(c2ccc(F)cc2F)N1C1CCCOC1. The molecule has 0 aliphatic carbocycles. The van der Waals surface area contributed by atoms with Gasteiger partial charge in [-0.25, -0.2) is 8.78 Å². The topological polar surface area (TPSA) is 41.6 Å². The summed E-state index contributed by atoms with van der Waals surface area (Å²) in [5.41, 5.74) is 0.294. The summed E-state index contributed by atoms with van der Waals surface area (Å²) < 4.78 is 32.3. The molecule has 2 atom stereocenters. The van der Waals surface area contributed by atoms with Gasteiger partial charge in [0.25, 0.3) is 0 Å². The lowest BCUT2D eigenvalue weighted by Crippen LogP contribution is -2.44. The van der Waals surface area contributed by atoms with E-state index in [1.54, 1.807) is 4.90 Å². The number of carbonyl (C=O) groups excluding carboxylic acids is 1. The molecule has 108 valence electrons. The fourth-order valence-corrected chi connectivity index (χ4v) is 2.86. The van der Waals surface area contributed by atoms with E-state index in [4.69, 9.17) is 4.74 Å². The zero-order valence-electron chi connectivity index (χ0n) is 10.9. The van der Waals surface area contributed by atoms with Gasteiger partial charge in [0.05, 0.1) is 19.2 Å². The van der Waals surface area contributed by atoms with E-state index in [9.17, 15) is 13.6 Å². The third kappa shape index (κ3) is 2.41. The second kappa shape index (κ2) is 5.46. The van der Waals surface area contributed by atoms with Gasteiger partial charge in [-0.05, 0) is 25.0 Å². The molecule has 0 bridgehead atoms. The first kappa shape index (κ1) is 13.5. The van der Waals surface area contributed by atoms with Gasteiger partial charge in [0.15, 0.2) is 0 Å². The van der Waals surface area contributed by atoms with Crippen molar-refractivity contribution in [3.63, 3.8) is 0 Å². The molecule has 2 fully saturated rings. The standard InChI is InChI=1S/C14H16F2N2O2/c15-9-3-4-11(12(16)6-9)14-17-7-13(19)18(14)10-2-1-5-20-8-10/h3-4,6,10,14,17H,1-2,5,7-8H2. The number of ether oxygens (including phenoxy) is 1. The number of nitrogens with one attached hydrogen (secondary N) is 1. The van der Waals surface area contributed by atoms with Crippen LogP contribution in [-0.2, 0) is 9.53 Å². The van der Waals surface area contributed by atoms with Crippen LogP contribution < -0.4 is 5.32 Å². The second-order valence-corrected chi connectivity index (χ2v) is 5.12. The molecule has 0 saturated carbocycles. The Labute approximate surface area is 115 Å². The van der Waals surface area contributed by atoms with E-state index in [0.29, 0.717) is 18.8 Å². The number of benzene rings is 1. The van der Waals surface area contributed by atoms with Crippen LogP contribution in [0.2, 0.25) is 0 Å². The molecule has 1 amide bonds. The maximum atomic E-state index is 13.9. The van der Waals surface area contributed by atoms with Crippen molar-refractivity contribution in [1.82, 2.24) is 10.2 Å². The first-order chi connectivity index (χ1) is 9.66. The lowest BCUT2D eigenvalue weighted by Gasteiger charge is -2.35. The molecule has 1 N–H and O–H groups in total. The molecular weight excluding hydrogens is 266 g/mol. The van der Waals surface area contributed by atoms with Gasteiger partial charge in [-0.3, -0.25) is 10.1 Å². The molecule has 3 rings (SSSR count). The molecule has 6 heteroatoms. The van der Waals surface area contributed by atoms with Crippen LogP contribution in [0, 0.1) is 11.6 Å². The van der Waals surface area contributed by atoms with E-state index < -0.39 is 17.8 Å². The smallest absolute Gasteiger partial charge is 0.238 e. The average molecular weight is 282 g/mol. The predicted molar refractivity (Wildman–Crippen MR) is 67.8 cm³/mol. The van der Waals surface area contributed by atoms with E-state index in [1.807, 2.05) is 0 Å². The summed E-state index contributed by atoms with van der Waals surface area (Å²) in [7, 11) is 0. The first-order valence-electron chi connectivity index (χ1n) is 6.74. The van der Waals surface area contributed by atoms with Crippen molar-refractivity contribution in [2.45, 2.75) is 25.0 Å². The number of nitrogens with zero attached hydrogens (tertiary/aromatic N) is 1. The molecule has 2 heterocycles. The lowest BCUT2D eigenvalue weighted by molar-refractivity contribution is -0.133. The van der Waals surface area contributed by atoms with E-state index in [-0.39, 0.29) is 18.5 Å². The number of hydrogen-bond donors (Lipinski definition) is 1. The van der Waals surface area contributed by atoms with E-state index in [0.717, 1.165) is 18.9 Å². The highest BCUT2D eigenvalue weighted by Gasteiger charge is 2.38. The van der Waals surface area contributed by atoms with Gasteiger partial charge in [0.1, 0.15) is 17.8 Å². The first-order valence-corrected chi connectivity index (χ1v) is 6.74. The van der Waals surface area contributed by atoms with Crippen LogP contribution in [-0.4, -0.2) is 36.6 Å². The Morgan fingerprint density at radius 3 is 2.90 bits per heavy atom. The van der Waals surface area contributed by atoms with Crippen molar-refractivity contribution in [3.8, 4) is 0 Å². The van der Waals surface area contributed by atoms with Crippen molar-refractivity contribution >= 4 is 5.91 Å². The molecule has 20 heavy (non-hydrogen) atoms. The summed E-state index contributed by atoms with van der Waals surface area (Å²) in [6, 6.07) is 3.38. The number of amides is 1. The Morgan fingerprint density at radius 2 is 2.20 bits per heavy atom. The second-order valence-electron chi connectivity index (χ2n) is 5.12. The molecule has 1 aromatic carbocycles. The Hall–Kier alpha value is -1.53. The number of hydrogen-bond acceptors (Lipinski definition) is 3. The molecule has 2 aliphatic heterocycles. The van der Waals surface area contributed by atoms with Crippen LogP contribution in [0.4, 0.5) is 8.78 Å². The predicted octanol–water partition coefficient (Wildman–Crippen LogP) is 1.57. The van der Waals surface area contributed by atoms with Gasteiger partial charge in [-0.2, -0.15) is 0 Å². The number of carbonyl (C=O) groups is 1. The maximum Gasteiger partial charge on any atom is 0.238 e. The Balaban J connectivity index is 1.88. The summed E-state index contributed by atoms with van der Waals surface area (Å²) in [4.78, 5) is 13.7. The van der Waals surface area contributed by atoms with Crippen LogP contribution in [0.25, 0.3) is 0 Å². The largest absolute Gasteiger partial charge is 0.379 e. The van der Waals surface area contributed by atoms with Crippen molar-refractivity contribution in [1.29, 1.82) is 0 Å². The molecule has 0 radical (unpaired) electrons. The molecule has 4 nitrogen and oxygen atoms in total. The summed E-state index contributed by atoms with van der Waals surface area (Å²) in [5.74, 6) is -1.34. The highest BCUT2D eigenvalue weighted by Crippen LogP contribution is 2.29. The van der Waals surface area contributed by atoms with Crippen LogP contribution in [0.3, 0.4) is 0 Å². The van der Waals surface area contributed by atoms with Crippen LogP contribution in [0.1, 0.15) is 24.6 Å². The van der Waals surface area contributed by atoms with Crippen LogP contribution >= 0.6 is 0 Å². The normalized spacial score (nSPS) is 27.1. The van der Waals surface area contributed by atoms with E-state index >= 15 is 0 Å². The summed E-state index contributed by atoms with van der Waals surface area (Å²) in [5, 5.41) is 2.99. The van der Waals surface area contributed by atoms with Gasteiger partial charge >= 0.3 is 0 Å². The fourth-order valence-electron chi connectivity index (χ4n) is 2.86. The summed E-state index contributed by atoms with van der Waals surface area (Å²) in [6.45, 7) is 1.33. The minimum atomic E-state index is -0.640. The Morgan fingerprint density at radius 1 is 1.35 bits per heavy atom. The highest BCUT2D eigenvalue weighted by molar-refractivity contribution is 5.81. The van der Waals surface area contributed by atoms with Crippen molar-refractivity contribution in [2.75, 3.05) is 19.8 Å². The minimum Gasteiger partial charge on any atom is -0.379 e. The molecule has 2 saturated heterocycles. The molecular formula is C14H16F2N2O2. The van der Waals surface area contributed by atoms with Crippen LogP contribution in [0.5, 0.6) is 0 Å². The maximum absolute atomic E-state index is 13.9. The van der Waals surface area contributed by atoms with Crippen LogP contribution in [0.15, 0.2) is 18.2 Å². The third-order valence-electron chi connectivity index (χ3n) is 3.80. The number of rotatable bonds is 2. The Kier molecular flexibility index (Phi) is 3.67. The minimum absolute atomic E-state index is 0.0549. The van der Waals surface area contributed by atoms with Crippen molar-refractivity contribution in [2.24, 2.45) is 0 Å². The quantitative estimate of drug-likeness (QED) is 0.895. The van der Waals surface area contributed by atoms with Gasteiger partial charge in [-0.15, -0.1) is 0 Å². The fraction of sp³-hybridized carbons (Fsp3) is 0.500. The van der Waals surface area contributed by atoms with Gasteiger partial charge in [-0.1, -0.05) is 0 Å². The lowest BCUT2D eigenvalue weighted by atomic mass is 10.1. The molecule has 1 aromatic rings. The van der Waals surface area contributed by atoms with Gasteiger partial charge in [0.2, 0.25) is 5.91 Å². The summed E-state index contributed by atoms with van der Waals surface area (Å²) in [6.07, 6.45) is 1.18. The monoisotopic (exact) mass is 282 g/mol. The summed E-state index contributed by atoms with van der Waals surface area (Å²) >= 11 is 0. The van der Waals surface area contributed by atoms with Crippen molar-refractivity contribution < 1.29 is 18.3 Å². The number of halogens is 2. The Bertz CT molecular complexity index is 518. The van der Waals surface area contributed by atoms with Gasteiger partial charge in [0, 0.05) is 18.2 Å². The zero-order chi connectivity index (χ0) is 14.1. The molecule has 2 unspecified atom stereocenters. The third-order valence-corrected chi connectivity index (χ3v) is 3.80. The van der Waals surface area contributed by atoms with E-state index in [2.05, 4.69) is 5.32 Å². The highest BCUT2D eigenvalue weighted by atomic mass is 19.1. The van der Waals surface area contributed by atoms with Gasteiger partial charge < -0.3 is 9.64 Å². The molecule has 0 spiro atoms.